The van der Waals surface area contributed by atoms with Crippen molar-refractivity contribution in [3.63, 3.8) is 0 Å². The second-order valence-corrected chi connectivity index (χ2v) is 6.72. The Morgan fingerprint density at radius 1 is 1.40 bits per heavy atom. The Bertz CT molecular complexity index is 530. The summed E-state index contributed by atoms with van der Waals surface area (Å²) in [5.74, 6) is 0.137. The molecule has 1 aliphatic rings. The van der Waals surface area contributed by atoms with Crippen LogP contribution in [0.15, 0.2) is 27.8 Å². The number of piperazine rings is 1. The van der Waals surface area contributed by atoms with Gasteiger partial charge in [0.15, 0.2) is 5.84 Å². The summed E-state index contributed by atoms with van der Waals surface area (Å²) >= 11 is 3.43. The zero-order valence-corrected chi connectivity index (χ0v) is 13.7. The summed E-state index contributed by atoms with van der Waals surface area (Å²) < 4.78 is 0.913. The van der Waals surface area contributed by atoms with Gasteiger partial charge in [-0.2, -0.15) is 0 Å². The van der Waals surface area contributed by atoms with Crippen molar-refractivity contribution in [1.29, 1.82) is 0 Å². The lowest BCUT2D eigenvalue weighted by Gasteiger charge is -2.46. The molecule has 1 aromatic carbocycles. The molecule has 0 saturated carbocycles. The number of anilines is 1. The van der Waals surface area contributed by atoms with Gasteiger partial charge >= 0.3 is 0 Å². The molecule has 0 radical (unpaired) electrons. The van der Waals surface area contributed by atoms with Crippen molar-refractivity contribution in [3.8, 4) is 0 Å². The van der Waals surface area contributed by atoms with Crippen LogP contribution in [-0.2, 0) is 0 Å². The topological polar surface area (TPSA) is 65.1 Å². The highest BCUT2D eigenvalue weighted by molar-refractivity contribution is 9.10. The zero-order valence-electron chi connectivity index (χ0n) is 12.1. The number of benzene rings is 1. The molecule has 1 aliphatic heterocycles. The van der Waals surface area contributed by atoms with E-state index < -0.39 is 0 Å². The maximum Gasteiger partial charge on any atom is 0.172 e. The van der Waals surface area contributed by atoms with E-state index in [0.717, 1.165) is 35.4 Å². The van der Waals surface area contributed by atoms with Crippen LogP contribution < -0.4 is 10.6 Å². The van der Waals surface area contributed by atoms with Crippen molar-refractivity contribution >= 4 is 27.5 Å². The predicted molar refractivity (Wildman–Crippen MR) is 85.6 cm³/mol. The molecule has 1 heterocycles. The Balaban J connectivity index is 2.38. The van der Waals surface area contributed by atoms with Crippen molar-refractivity contribution in [3.05, 3.63) is 28.2 Å². The first-order chi connectivity index (χ1) is 9.35. The van der Waals surface area contributed by atoms with E-state index in [1.165, 1.54) is 0 Å². The second kappa shape index (κ2) is 5.61. The normalized spacial score (nSPS) is 20.2. The minimum Gasteiger partial charge on any atom is -0.409 e. The smallest absolute Gasteiger partial charge is 0.172 e. The molecular formula is C14H21BrN4O. The summed E-state index contributed by atoms with van der Waals surface area (Å²) in [5, 5.41) is 12.1. The monoisotopic (exact) mass is 340 g/mol. The number of likely N-dealkylation sites (N-methyl/N-ethyl adjacent to an activating group) is 1. The van der Waals surface area contributed by atoms with Crippen LogP contribution in [0.4, 0.5) is 5.69 Å². The van der Waals surface area contributed by atoms with Crippen molar-refractivity contribution < 1.29 is 5.21 Å². The second-order valence-electron chi connectivity index (χ2n) is 5.80. The summed E-state index contributed by atoms with van der Waals surface area (Å²) in [7, 11) is 2.14. The van der Waals surface area contributed by atoms with Crippen molar-refractivity contribution in [2.45, 2.75) is 19.4 Å². The Morgan fingerprint density at radius 3 is 2.70 bits per heavy atom. The molecule has 5 nitrogen and oxygen atoms in total. The summed E-state index contributed by atoms with van der Waals surface area (Å²) in [6.07, 6.45) is 0. The fourth-order valence-electron chi connectivity index (χ4n) is 2.49. The number of hydrogen-bond donors (Lipinski definition) is 2. The first kappa shape index (κ1) is 15.1. The lowest BCUT2D eigenvalue weighted by atomic mass is 9.98. The Hall–Kier alpha value is -1.27. The lowest BCUT2D eigenvalue weighted by molar-refractivity contribution is 0.139. The molecule has 0 atom stereocenters. The van der Waals surface area contributed by atoms with Crippen molar-refractivity contribution in [2.24, 2.45) is 10.9 Å². The van der Waals surface area contributed by atoms with Gasteiger partial charge < -0.3 is 15.8 Å². The highest BCUT2D eigenvalue weighted by Gasteiger charge is 2.32. The summed E-state index contributed by atoms with van der Waals surface area (Å²) in [6.45, 7) is 7.26. The number of amidine groups is 1. The molecule has 0 aromatic heterocycles. The fraction of sp³-hybridized carbons (Fsp3) is 0.500. The molecule has 0 spiro atoms. The molecule has 110 valence electrons. The number of hydrogen-bond acceptors (Lipinski definition) is 4. The van der Waals surface area contributed by atoms with Gasteiger partial charge in [-0.1, -0.05) is 21.1 Å². The van der Waals surface area contributed by atoms with Gasteiger partial charge in [-0.05, 0) is 39.1 Å². The van der Waals surface area contributed by atoms with Gasteiger partial charge in [-0.3, -0.25) is 4.90 Å². The van der Waals surface area contributed by atoms with Crippen molar-refractivity contribution in [1.82, 2.24) is 4.90 Å². The minimum absolute atomic E-state index is 0.0910. The van der Waals surface area contributed by atoms with E-state index in [4.69, 9.17) is 10.9 Å². The predicted octanol–water partition coefficient (Wildman–Crippen LogP) is 2.07. The molecule has 2 rings (SSSR count). The molecule has 0 bridgehead atoms. The van der Waals surface area contributed by atoms with Crippen LogP contribution in [0.5, 0.6) is 0 Å². The third-order valence-electron chi connectivity index (χ3n) is 4.00. The molecule has 0 unspecified atom stereocenters. The fourth-order valence-corrected chi connectivity index (χ4v) is 2.85. The molecule has 1 fully saturated rings. The molecule has 0 amide bonds. The van der Waals surface area contributed by atoms with E-state index in [-0.39, 0.29) is 11.4 Å². The number of oxime groups is 1. The quantitative estimate of drug-likeness (QED) is 0.374. The molecular weight excluding hydrogens is 320 g/mol. The van der Waals surface area contributed by atoms with Crippen LogP contribution in [0.1, 0.15) is 19.4 Å². The summed E-state index contributed by atoms with van der Waals surface area (Å²) in [6, 6.07) is 5.88. The standard InChI is InChI=1S/C14H21BrN4O/c1-14(2)9-19(7-6-18(14)3)12-5-4-10(15)8-11(12)13(16)17-20/h4-5,8,20H,6-7,9H2,1-3H3,(H2,16,17). The number of rotatable bonds is 2. The van der Waals surface area contributed by atoms with Gasteiger partial charge in [-0.25, -0.2) is 0 Å². The first-order valence-corrected chi connectivity index (χ1v) is 7.38. The van der Waals surface area contributed by atoms with Crippen molar-refractivity contribution in [2.75, 3.05) is 31.6 Å². The highest BCUT2D eigenvalue weighted by Crippen LogP contribution is 2.29. The van der Waals surface area contributed by atoms with Gasteiger partial charge in [0.25, 0.3) is 0 Å². The lowest BCUT2D eigenvalue weighted by Crippen LogP contribution is -2.58. The van der Waals surface area contributed by atoms with Gasteiger partial charge in [0.1, 0.15) is 0 Å². The van der Waals surface area contributed by atoms with E-state index in [1.807, 2.05) is 18.2 Å². The molecule has 6 heteroatoms. The Kier molecular flexibility index (Phi) is 4.25. The zero-order chi connectivity index (χ0) is 14.9. The van der Waals surface area contributed by atoms with E-state index in [0.29, 0.717) is 0 Å². The van der Waals surface area contributed by atoms with E-state index in [9.17, 15) is 0 Å². The van der Waals surface area contributed by atoms with Crippen LogP contribution in [0.2, 0.25) is 0 Å². The van der Waals surface area contributed by atoms with E-state index in [1.54, 1.807) is 0 Å². The van der Waals surface area contributed by atoms with Crippen LogP contribution in [0.3, 0.4) is 0 Å². The number of nitrogens with zero attached hydrogens (tertiary/aromatic N) is 3. The van der Waals surface area contributed by atoms with Crippen LogP contribution in [0.25, 0.3) is 0 Å². The largest absolute Gasteiger partial charge is 0.409 e. The third-order valence-corrected chi connectivity index (χ3v) is 4.49. The maximum atomic E-state index is 8.97. The molecule has 0 aliphatic carbocycles. The van der Waals surface area contributed by atoms with Gasteiger partial charge in [0.2, 0.25) is 0 Å². The average molecular weight is 341 g/mol. The number of halogens is 1. The molecule has 3 N–H and O–H groups in total. The van der Waals surface area contributed by atoms with Crippen LogP contribution in [0, 0.1) is 0 Å². The highest BCUT2D eigenvalue weighted by atomic mass is 79.9. The first-order valence-electron chi connectivity index (χ1n) is 6.59. The SMILES string of the molecule is CN1CCN(c2ccc(Br)cc2/C(N)=N/O)CC1(C)C. The van der Waals surface area contributed by atoms with Gasteiger partial charge in [-0.15, -0.1) is 0 Å². The molecule has 1 aromatic rings. The summed E-state index contributed by atoms with van der Waals surface area (Å²) in [5.41, 5.74) is 7.65. The minimum atomic E-state index is 0.0910. The Morgan fingerprint density at radius 2 is 2.10 bits per heavy atom. The summed E-state index contributed by atoms with van der Waals surface area (Å²) in [4.78, 5) is 4.64. The van der Waals surface area contributed by atoms with E-state index in [2.05, 4.69) is 51.8 Å². The number of nitrogens with two attached hydrogens (primary N) is 1. The van der Waals surface area contributed by atoms with Gasteiger partial charge in [0.05, 0.1) is 0 Å². The van der Waals surface area contributed by atoms with Crippen LogP contribution >= 0.6 is 15.9 Å². The molecule has 1 saturated heterocycles. The van der Waals surface area contributed by atoms with E-state index >= 15 is 0 Å². The molecule has 20 heavy (non-hydrogen) atoms. The Labute approximate surface area is 128 Å². The van der Waals surface area contributed by atoms with Gasteiger partial charge in [0, 0.05) is 40.9 Å². The average Bonchev–Trinajstić information content (AvgIpc) is 2.41. The van der Waals surface area contributed by atoms with Crippen LogP contribution in [-0.4, -0.2) is 48.2 Å². The third kappa shape index (κ3) is 2.91. The maximum absolute atomic E-state index is 8.97.